The number of nitrogens with zero attached hydrogens (tertiary/aromatic N) is 1. The lowest BCUT2D eigenvalue weighted by molar-refractivity contribution is -0.114. The van der Waals surface area contributed by atoms with Gasteiger partial charge in [-0.3, -0.25) is 4.79 Å². The Morgan fingerprint density at radius 2 is 1.85 bits per heavy atom. The van der Waals surface area contributed by atoms with Crippen LogP contribution in [0.15, 0.2) is 48.5 Å². The summed E-state index contributed by atoms with van der Waals surface area (Å²) in [7, 11) is 2.05. The first-order valence-electron chi connectivity index (χ1n) is 8.95. The fourth-order valence-corrected chi connectivity index (χ4v) is 2.78. The first kappa shape index (κ1) is 18.2. The Kier molecular flexibility index (Phi) is 6.08. The van der Waals surface area contributed by atoms with E-state index in [9.17, 15) is 4.79 Å². The molecule has 0 saturated heterocycles. The maximum Gasteiger partial charge on any atom is 0.231 e. The number of fused-ring (bicyclic) bond motifs is 1. The molecule has 0 bridgehead atoms. The minimum absolute atomic E-state index is 0.153. The van der Waals surface area contributed by atoms with Crippen LogP contribution in [0.4, 0.5) is 0 Å². The van der Waals surface area contributed by atoms with Crippen molar-refractivity contribution in [3.8, 4) is 11.5 Å². The van der Waals surface area contributed by atoms with Gasteiger partial charge < -0.3 is 14.4 Å². The van der Waals surface area contributed by atoms with E-state index in [1.165, 1.54) is 11.1 Å². The van der Waals surface area contributed by atoms with Gasteiger partial charge in [0.25, 0.3) is 0 Å². The van der Waals surface area contributed by atoms with Crippen LogP contribution in [-0.2, 0) is 11.2 Å². The third-order valence-electron chi connectivity index (χ3n) is 4.50. The number of aryl methyl sites for hydroxylation is 1. The van der Waals surface area contributed by atoms with E-state index < -0.39 is 0 Å². The van der Waals surface area contributed by atoms with Crippen molar-refractivity contribution >= 4 is 11.9 Å². The first-order chi connectivity index (χ1) is 12.6. The summed E-state index contributed by atoms with van der Waals surface area (Å²) in [4.78, 5) is 14.2. The summed E-state index contributed by atoms with van der Waals surface area (Å²) in [5, 5.41) is 0. The molecule has 2 aromatic rings. The van der Waals surface area contributed by atoms with Crippen LogP contribution in [0.3, 0.4) is 0 Å². The van der Waals surface area contributed by atoms with Crippen molar-refractivity contribution in [3.63, 3.8) is 0 Å². The highest BCUT2D eigenvalue weighted by Gasteiger charge is 2.13. The molecule has 4 nitrogen and oxygen atoms in total. The summed E-state index contributed by atoms with van der Waals surface area (Å²) < 4.78 is 10.7. The number of likely N-dealkylation sites (N-methyl/N-ethyl adjacent to an activating group) is 1. The summed E-state index contributed by atoms with van der Waals surface area (Å²) >= 11 is 0. The zero-order chi connectivity index (χ0) is 18.4. The second-order valence-electron chi connectivity index (χ2n) is 6.70. The number of allylic oxidation sites excluding steroid dienone is 1. The molecule has 0 radical (unpaired) electrons. The van der Waals surface area contributed by atoms with E-state index in [1.54, 1.807) is 6.08 Å². The summed E-state index contributed by atoms with van der Waals surface area (Å²) in [6.45, 7) is 4.01. The monoisotopic (exact) mass is 351 g/mol. The Balaban J connectivity index is 1.40. The van der Waals surface area contributed by atoms with Crippen LogP contribution in [-0.4, -0.2) is 37.6 Å². The number of ether oxygens (including phenoxy) is 2. The number of hydrogen-bond donors (Lipinski definition) is 0. The molecule has 3 rings (SSSR count). The third-order valence-corrected chi connectivity index (χ3v) is 4.50. The number of ketones is 1. The van der Waals surface area contributed by atoms with Gasteiger partial charge in [-0.1, -0.05) is 42.0 Å². The summed E-state index contributed by atoms with van der Waals surface area (Å²) in [6.07, 6.45) is 5.01. The number of rotatable bonds is 8. The predicted octanol–water partition coefficient (Wildman–Crippen LogP) is 3.87. The SMILES string of the molecule is Cc1ccc(/C=C/C(=O)CCN(C)CCc2ccc3c(c2)OCO3)cc1. The highest BCUT2D eigenvalue weighted by molar-refractivity contribution is 5.93. The Hall–Kier alpha value is -2.59. The van der Waals surface area contributed by atoms with E-state index in [1.807, 2.05) is 49.5 Å². The lowest BCUT2D eigenvalue weighted by Gasteiger charge is -2.15. The third kappa shape index (κ3) is 5.20. The lowest BCUT2D eigenvalue weighted by atomic mass is 10.1. The average molecular weight is 351 g/mol. The number of benzene rings is 2. The number of hydrogen-bond acceptors (Lipinski definition) is 4. The van der Waals surface area contributed by atoms with Crippen molar-refractivity contribution in [2.75, 3.05) is 26.9 Å². The second kappa shape index (κ2) is 8.68. The molecule has 0 aliphatic carbocycles. The van der Waals surface area contributed by atoms with Crippen LogP contribution in [0.2, 0.25) is 0 Å². The van der Waals surface area contributed by atoms with Crippen LogP contribution in [0.25, 0.3) is 6.08 Å². The lowest BCUT2D eigenvalue weighted by Crippen LogP contribution is -2.24. The maximum atomic E-state index is 12.0. The molecule has 1 heterocycles. The van der Waals surface area contributed by atoms with Crippen LogP contribution >= 0.6 is 0 Å². The van der Waals surface area contributed by atoms with Gasteiger partial charge in [-0.05, 0) is 49.7 Å². The standard InChI is InChI=1S/C22H25NO3/c1-17-3-5-18(6-4-17)7-9-20(24)12-14-23(2)13-11-19-8-10-21-22(15-19)26-16-25-21/h3-10,15H,11-14,16H2,1-2H3/b9-7+. The van der Waals surface area contributed by atoms with Crippen molar-refractivity contribution in [1.29, 1.82) is 0 Å². The molecule has 0 atom stereocenters. The molecule has 0 aromatic heterocycles. The van der Waals surface area contributed by atoms with Crippen LogP contribution in [0, 0.1) is 6.92 Å². The Bertz CT molecular complexity index is 780. The van der Waals surface area contributed by atoms with E-state index in [0.717, 1.165) is 36.6 Å². The highest BCUT2D eigenvalue weighted by atomic mass is 16.7. The van der Waals surface area contributed by atoms with E-state index in [-0.39, 0.29) is 5.78 Å². The minimum Gasteiger partial charge on any atom is -0.454 e. The normalized spacial score (nSPS) is 12.9. The Morgan fingerprint density at radius 3 is 2.65 bits per heavy atom. The van der Waals surface area contributed by atoms with Gasteiger partial charge in [0.1, 0.15) is 0 Å². The van der Waals surface area contributed by atoms with Gasteiger partial charge in [-0.15, -0.1) is 0 Å². The molecule has 0 fully saturated rings. The van der Waals surface area contributed by atoms with Gasteiger partial charge >= 0.3 is 0 Å². The molecule has 0 unspecified atom stereocenters. The van der Waals surface area contributed by atoms with Gasteiger partial charge in [0, 0.05) is 19.5 Å². The van der Waals surface area contributed by atoms with Crippen molar-refractivity contribution in [2.45, 2.75) is 19.8 Å². The van der Waals surface area contributed by atoms with Gasteiger partial charge in [-0.25, -0.2) is 0 Å². The van der Waals surface area contributed by atoms with E-state index in [2.05, 4.69) is 17.9 Å². The highest BCUT2D eigenvalue weighted by Crippen LogP contribution is 2.32. The predicted molar refractivity (Wildman–Crippen MR) is 104 cm³/mol. The van der Waals surface area contributed by atoms with Crippen molar-refractivity contribution in [2.24, 2.45) is 0 Å². The molecular formula is C22H25NO3. The summed E-state index contributed by atoms with van der Waals surface area (Å²) in [5.74, 6) is 1.79. The van der Waals surface area contributed by atoms with Crippen LogP contribution < -0.4 is 9.47 Å². The van der Waals surface area contributed by atoms with Gasteiger partial charge in [-0.2, -0.15) is 0 Å². The van der Waals surface area contributed by atoms with Gasteiger partial charge in [0.15, 0.2) is 17.3 Å². The molecule has 26 heavy (non-hydrogen) atoms. The number of carbonyl (C=O) groups is 1. The van der Waals surface area contributed by atoms with Crippen LogP contribution in [0.1, 0.15) is 23.1 Å². The quantitative estimate of drug-likeness (QED) is 0.677. The smallest absolute Gasteiger partial charge is 0.231 e. The van der Waals surface area contributed by atoms with E-state index in [0.29, 0.717) is 13.2 Å². The average Bonchev–Trinajstić information content (AvgIpc) is 3.12. The first-order valence-corrected chi connectivity index (χ1v) is 8.95. The Morgan fingerprint density at radius 1 is 1.08 bits per heavy atom. The van der Waals surface area contributed by atoms with E-state index in [4.69, 9.17) is 9.47 Å². The van der Waals surface area contributed by atoms with Crippen molar-refractivity contribution < 1.29 is 14.3 Å². The zero-order valence-corrected chi connectivity index (χ0v) is 15.4. The molecule has 1 aliphatic heterocycles. The molecule has 1 aliphatic rings. The minimum atomic E-state index is 0.153. The van der Waals surface area contributed by atoms with Crippen molar-refractivity contribution in [3.05, 3.63) is 65.2 Å². The van der Waals surface area contributed by atoms with Gasteiger partial charge in [0.05, 0.1) is 0 Å². The molecule has 0 saturated carbocycles. The molecule has 0 N–H and O–H groups in total. The molecular weight excluding hydrogens is 326 g/mol. The molecule has 0 amide bonds. The molecule has 136 valence electrons. The zero-order valence-electron chi connectivity index (χ0n) is 15.4. The van der Waals surface area contributed by atoms with Gasteiger partial charge in [0.2, 0.25) is 6.79 Å². The molecule has 4 heteroatoms. The van der Waals surface area contributed by atoms with Crippen molar-refractivity contribution in [1.82, 2.24) is 4.90 Å². The van der Waals surface area contributed by atoms with E-state index >= 15 is 0 Å². The summed E-state index contributed by atoms with van der Waals surface area (Å²) in [6, 6.07) is 14.2. The molecule has 0 spiro atoms. The fourth-order valence-electron chi connectivity index (χ4n) is 2.78. The Labute approximate surface area is 155 Å². The second-order valence-corrected chi connectivity index (χ2v) is 6.70. The fraction of sp³-hybridized carbons (Fsp3) is 0.318. The maximum absolute atomic E-state index is 12.0. The topological polar surface area (TPSA) is 38.8 Å². The summed E-state index contributed by atoms with van der Waals surface area (Å²) in [5.41, 5.74) is 3.49. The molecule has 2 aromatic carbocycles. The number of carbonyl (C=O) groups excluding carboxylic acids is 1. The largest absolute Gasteiger partial charge is 0.454 e. The van der Waals surface area contributed by atoms with Crippen LogP contribution in [0.5, 0.6) is 11.5 Å².